The minimum Gasteiger partial charge on any atom is -0.310 e. The topological polar surface area (TPSA) is 97.2 Å². The molecule has 0 aliphatic carbocycles. The summed E-state index contributed by atoms with van der Waals surface area (Å²) in [6.07, 6.45) is 1.25. The van der Waals surface area contributed by atoms with Crippen molar-refractivity contribution >= 4 is 43.3 Å². The average Bonchev–Trinajstić information content (AvgIpc) is 3.42. The summed E-state index contributed by atoms with van der Waals surface area (Å²) >= 11 is 1.52. The highest BCUT2D eigenvalue weighted by molar-refractivity contribution is 7.89. The molecule has 2 aromatic heterocycles. The van der Waals surface area contributed by atoms with Gasteiger partial charge >= 0.3 is 0 Å². The Bertz CT molecular complexity index is 1520. The van der Waals surface area contributed by atoms with Crippen molar-refractivity contribution in [3.05, 3.63) is 64.8 Å². The van der Waals surface area contributed by atoms with Gasteiger partial charge in [0.1, 0.15) is 5.82 Å². The molecule has 1 fully saturated rings. The van der Waals surface area contributed by atoms with E-state index >= 15 is 0 Å². The third-order valence-corrected chi connectivity index (χ3v) is 9.54. The van der Waals surface area contributed by atoms with Gasteiger partial charge in [-0.3, -0.25) is 4.79 Å². The minimum atomic E-state index is -3.66. The second-order valence-corrected chi connectivity index (χ2v) is 12.4. The van der Waals surface area contributed by atoms with E-state index in [1.165, 1.54) is 26.8 Å². The molecule has 3 heterocycles. The normalized spacial score (nSPS) is 16.9. The lowest BCUT2D eigenvalue weighted by atomic mass is 9.99. The number of thiazole rings is 1. The summed E-state index contributed by atoms with van der Waals surface area (Å²) < 4.78 is 30.5. The van der Waals surface area contributed by atoms with Crippen molar-refractivity contribution in [1.82, 2.24) is 19.1 Å². The second-order valence-electron chi connectivity index (χ2n) is 9.49. The highest BCUT2D eigenvalue weighted by Gasteiger charge is 2.33. The van der Waals surface area contributed by atoms with Crippen molar-refractivity contribution in [2.45, 2.75) is 45.4 Å². The lowest BCUT2D eigenvalue weighted by molar-refractivity contribution is -0.120. The molecule has 0 radical (unpaired) electrons. The Morgan fingerprint density at radius 2 is 1.78 bits per heavy atom. The Labute approximate surface area is 215 Å². The van der Waals surface area contributed by atoms with E-state index in [2.05, 4.69) is 36.4 Å². The Balaban J connectivity index is 1.36. The fourth-order valence-electron chi connectivity index (χ4n) is 4.46. The number of amides is 1. The number of hydrogen-bond donors (Lipinski definition) is 1. The number of sulfonamides is 1. The van der Waals surface area contributed by atoms with E-state index < -0.39 is 15.9 Å². The molecule has 8 nitrogen and oxygen atoms in total. The molecule has 36 heavy (non-hydrogen) atoms. The van der Waals surface area contributed by atoms with Gasteiger partial charge in [-0.15, -0.1) is 0 Å². The van der Waals surface area contributed by atoms with E-state index in [1.54, 1.807) is 28.9 Å². The van der Waals surface area contributed by atoms with Gasteiger partial charge in [-0.2, -0.15) is 14.1 Å². The first kappa shape index (κ1) is 24.6. The predicted octanol–water partition coefficient (Wildman–Crippen LogP) is 4.76. The summed E-state index contributed by atoms with van der Waals surface area (Å²) in [6.45, 7) is 8.47. The van der Waals surface area contributed by atoms with Gasteiger partial charge in [-0.1, -0.05) is 29.0 Å². The maximum atomic E-state index is 13.3. The molecule has 1 aliphatic rings. The Kier molecular flexibility index (Phi) is 6.44. The van der Waals surface area contributed by atoms with E-state index in [1.807, 2.05) is 19.9 Å². The monoisotopic (exact) mass is 523 g/mol. The van der Waals surface area contributed by atoms with Crippen LogP contribution in [0.2, 0.25) is 0 Å². The Hall–Kier alpha value is -3.08. The minimum absolute atomic E-state index is 0.148. The molecule has 1 saturated heterocycles. The molecule has 1 unspecified atom stereocenters. The summed E-state index contributed by atoms with van der Waals surface area (Å²) in [7, 11) is -3.66. The number of aryl methyl sites for hydroxylation is 4. The predicted molar refractivity (Wildman–Crippen MR) is 142 cm³/mol. The van der Waals surface area contributed by atoms with Crippen LogP contribution in [0.25, 0.3) is 15.3 Å². The maximum Gasteiger partial charge on any atom is 0.243 e. The number of piperidine rings is 1. The molecule has 1 atom stereocenters. The summed E-state index contributed by atoms with van der Waals surface area (Å²) in [5, 5.41) is 8.23. The zero-order valence-electron chi connectivity index (χ0n) is 20.8. The van der Waals surface area contributed by atoms with E-state index in [-0.39, 0.29) is 17.3 Å². The smallest absolute Gasteiger partial charge is 0.243 e. The number of rotatable bonds is 5. The molecular weight excluding hydrogens is 494 g/mol. The molecule has 10 heteroatoms. The van der Waals surface area contributed by atoms with Crippen molar-refractivity contribution in [3.8, 4) is 5.13 Å². The van der Waals surface area contributed by atoms with Gasteiger partial charge < -0.3 is 5.32 Å². The molecule has 1 amide bonds. The third-order valence-electron chi connectivity index (χ3n) is 6.67. The number of benzene rings is 2. The number of carbonyl (C=O) groups excluding carboxylic acids is 1. The van der Waals surface area contributed by atoms with E-state index in [4.69, 9.17) is 4.98 Å². The molecule has 1 aliphatic heterocycles. The van der Waals surface area contributed by atoms with Crippen LogP contribution in [0.5, 0.6) is 0 Å². The molecule has 0 saturated carbocycles. The molecule has 2 aromatic carbocycles. The van der Waals surface area contributed by atoms with Crippen molar-refractivity contribution in [2.75, 3.05) is 18.4 Å². The second kappa shape index (κ2) is 9.42. The summed E-state index contributed by atoms with van der Waals surface area (Å²) in [6, 6.07) is 12.8. The van der Waals surface area contributed by atoms with Crippen LogP contribution in [0.4, 0.5) is 5.82 Å². The number of hydrogen-bond acceptors (Lipinski definition) is 6. The quantitative estimate of drug-likeness (QED) is 0.407. The fraction of sp³-hybridized carbons (Fsp3) is 0.346. The summed E-state index contributed by atoms with van der Waals surface area (Å²) in [5.41, 5.74) is 5.02. The number of carbonyl (C=O) groups is 1. The Morgan fingerprint density at radius 1 is 1.06 bits per heavy atom. The van der Waals surface area contributed by atoms with Gasteiger partial charge in [0, 0.05) is 19.2 Å². The lowest BCUT2D eigenvalue weighted by Crippen LogP contribution is -2.43. The highest BCUT2D eigenvalue weighted by Crippen LogP contribution is 2.30. The van der Waals surface area contributed by atoms with Crippen LogP contribution in [-0.2, 0) is 14.8 Å². The number of aromatic nitrogens is 3. The first-order valence-corrected chi connectivity index (χ1v) is 14.2. The zero-order chi connectivity index (χ0) is 25.6. The Morgan fingerprint density at radius 3 is 2.53 bits per heavy atom. The van der Waals surface area contributed by atoms with Gasteiger partial charge in [0.25, 0.3) is 0 Å². The van der Waals surface area contributed by atoms with Crippen LogP contribution < -0.4 is 5.32 Å². The van der Waals surface area contributed by atoms with Gasteiger partial charge in [0.2, 0.25) is 21.1 Å². The number of nitrogens with one attached hydrogen (secondary N) is 1. The molecule has 188 valence electrons. The van der Waals surface area contributed by atoms with Crippen molar-refractivity contribution in [3.63, 3.8) is 0 Å². The number of fused-ring (bicyclic) bond motifs is 1. The largest absolute Gasteiger partial charge is 0.310 e. The van der Waals surface area contributed by atoms with Crippen molar-refractivity contribution in [2.24, 2.45) is 5.92 Å². The lowest BCUT2D eigenvalue weighted by Gasteiger charge is -2.31. The molecule has 5 rings (SSSR count). The first-order chi connectivity index (χ1) is 17.1. The van der Waals surface area contributed by atoms with Gasteiger partial charge in [0.05, 0.1) is 26.7 Å². The highest BCUT2D eigenvalue weighted by atomic mass is 32.2. The van der Waals surface area contributed by atoms with Crippen molar-refractivity contribution in [1.29, 1.82) is 0 Å². The van der Waals surface area contributed by atoms with Gasteiger partial charge in [-0.25, -0.2) is 13.4 Å². The molecule has 4 aromatic rings. The van der Waals surface area contributed by atoms with E-state index in [9.17, 15) is 13.2 Å². The van der Waals surface area contributed by atoms with Crippen LogP contribution in [0.1, 0.15) is 35.2 Å². The zero-order valence-corrected chi connectivity index (χ0v) is 22.4. The maximum absolute atomic E-state index is 13.3. The van der Waals surface area contributed by atoms with Gasteiger partial charge in [0.15, 0.2) is 0 Å². The number of nitrogens with zero attached hydrogens (tertiary/aromatic N) is 4. The SMILES string of the molecule is Cc1ccc(S(=O)(=O)N2CCCC(C(=O)Nc3cc(C)nn3-c3nc4cc(C)c(C)cc4s3)C2)cc1. The fourth-order valence-corrected chi connectivity index (χ4v) is 6.99. The van der Waals surface area contributed by atoms with Crippen LogP contribution >= 0.6 is 11.3 Å². The average molecular weight is 524 g/mol. The summed E-state index contributed by atoms with van der Waals surface area (Å²) in [4.78, 5) is 18.3. The molecular formula is C26H29N5O3S2. The van der Waals surface area contributed by atoms with E-state index in [0.717, 1.165) is 21.5 Å². The molecule has 0 spiro atoms. The summed E-state index contributed by atoms with van der Waals surface area (Å²) in [5.74, 6) is -0.139. The van der Waals surface area contributed by atoms with Crippen LogP contribution in [0, 0.1) is 33.6 Å². The standard InChI is InChI=1S/C26H29N5O3S2/c1-16-7-9-21(10-8-16)36(33,34)30-11-5-6-20(15-30)25(32)28-24-14-19(4)29-31(24)26-27-22-12-17(2)18(3)13-23(22)35-26/h7-10,12-14,20H,5-6,11,15H2,1-4H3,(H,28,32). The van der Waals surface area contributed by atoms with Crippen LogP contribution in [0.15, 0.2) is 47.4 Å². The van der Waals surface area contributed by atoms with E-state index in [0.29, 0.717) is 30.3 Å². The number of anilines is 1. The molecule has 1 N–H and O–H groups in total. The van der Waals surface area contributed by atoms with Crippen LogP contribution in [-0.4, -0.2) is 46.5 Å². The molecule has 0 bridgehead atoms. The van der Waals surface area contributed by atoms with Crippen molar-refractivity contribution < 1.29 is 13.2 Å². The van der Waals surface area contributed by atoms with Crippen LogP contribution in [0.3, 0.4) is 0 Å². The third kappa shape index (κ3) is 4.68. The van der Waals surface area contributed by atoms with Gasteiger partial charge in [-0.05, 0) is 75.9 Å². The first-order valence-electron chi connectivity index (χ1n) is 11.9.